The van der Waals surface area contributed by atoms with Gasteiger partial charge in [-0.25, -0.2) is 4.98 Å². The number of hydrogen-bond donors (Lipinski definition) is 1. The van der Waals surface area contributed by atoms with Gasteiger partial charge in [-0.05, 0) is 50.9 Å². The van der Waals surface area contributed by atoms with Gasteiger partial charge >= 0.3 is 0 Å². The quantitative estimate of drug-likeness (QED) is 0.613. The molecule has 1 aromatic carbocycles. The predicted octanol–water partition coefficient (Wildman–Crippen LogP) is 4.44. The van der Waals surface area contributed by atoms with Gasteiger partial charge in [0.2, 0.25) is 5.91 Å². The first kappa shape index (κ1) is 20.8. The van der Waals surface area contributed by atoms with E-state index < -0.39 is 0 Å². The fourth-order valence-corrected chi connectivity index (χ4v) is 4.71. The maximum Gasteiger partial charge on any atom is 0.239 e. The predicted molar refractivity (Wildman–Crippen MR) is 124 cm³/mol. The van der Waals surface area contributed by atoms with Crippen molar-refractivity contribution in [2.75, 3.05) is 26.2 Å². The number of carbonyl (C=O) groups excluding carboxylic acids is 1. The molecule has 5 nitrogen and oxygen atoms in total. The molecule has 158 valence electrons. The van der Waals surface area contributed by atoms with Crippen molar-refractivity contribution in [3.8, 4) is 22.0 Å². The Kier molecular flexibility index (Phi) is 6.65. The number of aromatic nitrogens is 2. The summed E-state index contributed by atoms with van der Waals surface area (Å²) in [6.45, 7) is 8.65. The Morgan fingerprint density at radius 1 is 1.20 bits per heavy atom. The number of piperidine rings is 1. The maximum absolute atomic E-state index is 12.5. The summed E-state index contributed by atoms with van der Waals surface area (Å²) in [6.07, 6.45) is 4.48. The molecule has 30 heavy (non-hydrogen) atoms. The van der Waals surface area contributed by atoms with Crippen LogP contribution in [0.25, 0.3) is 22.0 Å². The van der Waals surface area contributed by atoms with Gasteiger partial charge in [-0.3, -0.25) is 4.79 Å². The molecule has 6 heteroatoms. The van der Waals surface area contributed by atoms with E-state index in [9.17, 15) is 4.79 Å². The van der Waals surface area contributed by atoms with E-state index in [4.69, 9.17) is 4.98 Å². The Hall–Kier alpha value is -2.44. The largest absolute Gasteiger partial charge is 0.353 e. The van der Waals surface area contributed by atoms with Gasteiger partial charge in [-0.2, -0.15) is 0 Å². The number of likely N-dealkylation sites (tertiary alicyclic amines) is 1. The average Bonchev–Trinajstić information content (AvgIpc) is 3.39. The molecular weight excluding hydrogens is 392 g/mol. The number of nitrogens with one attached hydrogen (secondary N) is 1. The van der Waals surface area contributed by atoms with E-state index >= 15 is 0 Å². The van der Waals surface area contributed by atoms with Crippen molar-refractivity contribution in [3.63, 3.8) is 0 Å². The summed E-state index contributed by atoms with van der Waals surface area (Å²) in [7, 11) is 0. The van der Waals surface area contributed by atoms with Gasteiger partial charge in [-0.1, -0.05) is 36.8 Å². The number of rotatable bonds is 7. The number of thiazole rings is 1. The Balaban J connectivity index is 1.33. The zero-order valence-corrected chi connectivity index (χ0v) is 18.6. The minimum atomic E-state index is 0.0492. The van der Waals surface area contributed by atoms with Crippen LogP contribution in [0.15, 0.2) is 48.0 Å². The topological polar surface area (TPSA) is 50.2 Å². The van der Waals surface area contributed by atoms with E-state index in [1.165, 1.54) is 18.4 Å². The van der Waals surface area contributed by atoms with Crippen LogP contribution < -0.4 is 5.32 Å². The lowest BCUT2D eigenvalue weighted by atomic mass is 9.99. The summed E-state index contributed by atoms with van der Waals surface area (Å²) in [6, 6.07) is 12.4. The van der Waals surface area contributed by atoms with Gasteiger partial charge < -0.3 is 14.8 Å². The van der Waals surface area contributed by atoms with E-state index in [2.05, 4.69) is 53.7 Å². The number of aryl methyl sites for hydroxylation is 1. The van der Waals surface area contributed by atoms with Gasteiger partial charge in [0.05, 0.1) is 11.4 Å². The molecule has 0 radical (unpaired) electrons. The standard InChI is InChI=1S/C24H30N4OS/c1-18-5-7-20(8-6-18)21-17-30-24(26-21)22-4-3-12-28(22)16-23(29)25-11-15-27-13-9-19(2)10-14-27/h3-8,12,17,19H,9-11,13-16H2,1-2H3,(H,25,29). The molecule has 1 N–H and O–H groups in total. The van der Waals surface area contributed by atoms with Crippen LogP contribution in [-0.4, -0.2) is 46.5 Å². The summed E-state index contributed by atoms with van der Waals surface area (Å²) < 4.78 is 1.98. The monoisotopic (exact) mass is 422 g/mol. The summed E-state index contributed by atoms with van der Waals surface area (Å²) in [5, 5.41) is 6.09. The van der Waals surface area contributed by atoms with Gasteiger partial charge in [0.1, 0.15) is 11.6 Å². The molecule has 1 saturated heterocycles. The van der Waals surface area contributed by atoms with Crippen LogP contribution >= 0.6 is 11.3 Å². The third-order valence-corrected chi connectivity index (χ3v) is 6.71. The van der Waals surface area contributed by atoms with E-state index in [0.29, 0.717) is 13.1 Å². The van der Waals surface area contributed by atoms with Crippen molar-refractivity contribution < 1.29 is 4.79 Å². The van der Waals surface area contributed by atoms with E-state index in [1.807, 2.05) is 22.9 Å². The third kappa shape index (κ3) is 5.18. The molecule has 2 aromatic heterocycles. The van der Waals surface area contributed by atoms with Crippen LogP contribution in [0.2, 0.25) is 0 Å². The Labute approximate surface area is 182 Å². The highest BCUT2D eigenvalue weighted by Gasteiger charge is 2.16. The lowest BCUT2D eigenvalue weighted by Gasteiger charge is -2.30. The molecule has 0 saturated carbocycles. The zero-order valence-electron chi connectivity index (χ0n) is 17.8. The van der Waals surface area contributed by atoms with Gasteiger partial charge in [0, 0.05) is 30.2 Å². The first-order chi connectivity index (χ1) is 14.6. The number of benzene rings is 1. The van der Waals surface area contributed by atoms with Crippen molar-refractivity contribution in [2.45, 2.75) is 33.2 Å². The fraction of sp³-hybridized carbons (Fsp3) is 0.417. The molecule has 0 atom stereocenters. The van der Waals surface area contributed by atoms with Gasteiger partial charge in [-0.15, -0.1) is 11.3 Å². The molecule has 3 aromatic rings. The molecule has 3 heterocycles. The van der Waals surface area contributed by atoms with Crippen LogP contribution in [0.4, 0.5) is 0 Å². The summed E-state index contributed by atoms with van der Waals surface area (Å²) in [5.74, 6) is 0.883. The Morgan fingerprint density at radius 2 is 1.97 bits per heavy atom. The number of carbonyl (C=O) groups is 1. The second-order valence-electron chi connectivity index (χ2n) is 8.30. The summed E-state index contributed by atoms with van der Waals surface area (Å²) in [4.78, 5) is 19.7. The molecule has 1 fully saturated rings. The highest BCUT2D eigenvalue weighted by molar-refractivity contribution is 7.13. The van der Waals surface area contributed by atoms with Crippen LogP contribution in [-0.2, 0) is 11.3 Å². The van der Waals surface area contributed by atoms with Crippen LogP contribution in [0.5, 0.6) is 0 Å². The number of hydrogen-bond acceptors (Lipinski definition) is 4. The molecule has 4 rings (SSSR count). The average molecular weight is 423 g/mol. The molecule has 1 aliphatic heterocycles. The molecule has 0 bridgehead atoms. The lowest BCUT2D eigenvalue weighted by Crippen LogP contribution is -2.39. The third-order valence-electron chi connectivity index (χ3n) is 5.84. The normalized spacial score (nSPS) is 15.4. The highest BCUT2D eigenvalue weighted by atomic mass is 32.1. The van der Waals surface area contributed by atoms with E-state index in [1.54, 1.807) is 11.3 Å². The van der Waals surface area contributed by atoms with Crippen LogP contribution in [0.3, 0.4) is 0 Å². The van der Waals surface area contributed by atoms with Gasteiger partial charge in [0.15, 0.2) is 0 Å². The van der Waals surface area contributed by atoms with Gasteiger partial charge in [0.25, 0.3) is 0 Å². The van der Waals surface area contributed by atoms with Crippen molar-refractivity contribution in [1.29, 1.82) is 0 Å². The number of nitrogens with zero attached hydrogens (tertiary/aromatic N) is 3. The maximum atomic E-state index is 12.5. The Bertz CT molecular complexity index is 967. The van der Waals surface area contributed by atoms with E-state index in [-0.39, 0.29) is 5.91 Å². The first-order valence-electron chi connectivity index (χ1n) is 10.8. The van der Waals surface area contributed by atoms with Crippen molar-refractivity contribution >= 4 is 17.2 Å². The van der Waals surface area contributed by atoms with Crippen molar-refractivity contribution in [3.05, 3.63) is 53.5 Å². The molecule has 1 aliphatic rings. The molecule has 0 unspecified atom stereocenters. The summed E-state index contributed by atoms with van der Waals surface area (Å²) in [5.41, 5.74) is 4.32. The lowest BCUT2D eigenvalue weighted by molar-refractivity contribution is -0.121. The first-order valence-corrected chi connectivity index (χ1v) is 11.6. The second kappa shape index (κ2) is 9.58. The van der Waals surface area contributed by atoms with E-state index in [0.717, 1.165) is 47.5 Å². The minimum absolute atomic E-state index is 0.0492. The Morgan fingerprint density at radius 3 is 2.73 bits per heavy atom. The smallest absolute Gasteiger partial charge is 0.239 e. The summed E-state index contributed by atoms with van der Waals surface area (Å²) >= 11 is 1.61. The fourth-order valence-electron chi connectivity index (χ4n) is 3.84. The highest BCUT2D eigenvalue weighted by Crippen LogP contribution is 2.29. The molecule has 1 amide bonds. The SMILES string of the molecule is Cc1ccc(-c2csc(-c3cccn3CC(=O)NCCN3CCC(C)CC3)n2)cc1. The van der Waals surface area contributed by atoms with Crippen LogP contribution in [0, 0.1) is 12.8 Å². The van der Waals surface area contributed by atoms with Crippen molar-refractivity contribution in [2.24, 2.45) is 5.92 Å². The molecule has 0 spiro atoms. The molecular formula is C24H30N4OS. The minimum Gasteiger partial charge on any atom is -0.353 e. The van der Waals surface area contributed by atoms with Crippen LogP contribution in [0.1, 0.15) is 25.3 Å². The molecule has 0 aliphatic carbocycles. The zero-order chi connectivity index (χ0) is 20.9. The number of amides is 1. The van der Waals surface area contributed by atoms with Crippen molar-refractivity contribution in [1.82, 2.24) is 19.8 Å². The second-order valence-corrected chi connectivity index (χ2v) is 9.16.